The molecule has 0 radical (unpaired) electrons. The Labute approximate surface area is 170 Å². The van der Waals surface area contributed by atoms with Gasteiger partial charge in [0.1, 0.15) is 0 Å². The van der Waals surface area contributed by atoms with Gasteiger partial charge in [-0.3, -0.25) is 0 Å². The van der Waals surface area contributed by atoms with Gasteiger partial charge in [0, 0.05) is 37.3 Å². The van der Waals surface area contributed by atoms with Crippen LogP contribution in [-0.4, -0.2) is 33.8 Å². The van der Waals surface area contributed by atoms with Crippen LogP contribution in [0.1, 0.15) is 23.2 Å². The molecule has 0 bridgehead atoms. The van der Waals surface area contributed by atoms with Crippen molar-refractivity contribution in [1.29, 1.82) is 0 Å². The Morgan fingerprint density at radius 1 is 1.24 bits per heavy atom. The van der Waals surface area contributed by atoms with Gasteiger partial charge in [0.05, 0.1) is 17.2 Å². The lowest BCUT2D eigenvalue weighted by atomic mass is 10.2. The van der Waals surface area contributed by atoms with Crippen molar-refractivity contribution < 1.29 is 13.2 Å². The van der Waals surface area contributed by atoms with Crippen molar-refractivity contribution >= 4 is 17.3 Å². The maximum Gasteiger partial charge on any atom is 0.434 e. The molecule has 29 heavy (non-hydrogen) atoms. The number of guanidine groups is 1. The van der Waals surface area contributed by atoms with Crippen molar-refractivity contribution in [2.75, 3.05) is 13.1 Å². The largest absolute Gasteiger partial charge is 0.434 e. The maximum absolute atomic E-state index is 12.6. The van der Waals surface area contributed by atoms with Gasteiger partial charge in [-0.2, -0.15) is 18.3 Å². The van der Waals surface area contributed by atoms with Gasteiger partial charge >= 0.3 is 6.18 Å². The SMILES string of the molecule is CCNC(=NCc1cccc(-n2cccn2)c1)NCCc1nc(C(F)(F)F)cs1. The van der Waals surface area contributed by atoms with Gasteiger partial charge in [-0.15, -0.1) is 11.3 Å². The summed E-state index contributed by atoms with van der Waals surface area (Å²) < 4.78 is 39.7. The van der Waals surface area contributed by atoms with Crippen molar-refractivity contribution in [1.82, 2.24) is 25.4 Å². The fraction of sp³-hybridized carbons (Fsp3) is 0.316. The molecule has 0 amide bonds. The van der Waals surface area contributed by atoms with Gasteiger partial charge in [0.15, 0.2) is 11.7 Å². The van der Waals surface area contributed by atoms with Crippen molar-refractivity contribution in [3.8, 4) is 5.69 Å². The predicted molar refractivity (Wildman–Crippen MR) is 107 cm³/mol. The summed E-state index contributed by atoms with van der Waals surface area (Å²) in [5, 5.41) is 12.0. The van der Waals surface area contributed by atoms with Gasteiger partial charge < -0.3 is 10.6 Å². The summed E-state index contributed by atoms with van der Waals surface area (Å²) >= 11 is 1.01. The van der Waals surface area contributed by atoms with Crippen LogP contribution in [0, 0.1) is 0 Å². The van der Waals surface area contributed by atoms with Crippen LogP contribution < -0.4 is 10.6 Å². The molecule has 0 aliphatic heterocycles. The molecule has 10 heteroatoms. The predicted octanol–water partition coefficient (Wildman–Crippen LogP) is 3.65. The number of rotatable bonds is 7. The van der Waals surface area contributed by atoms with Crippen LogP contribution in [0.4, 0.5) is 13.2 Å². The number of aliphatic imine (C=N–C) groups is 1. The Hall–Kier alpha value is -2.88. The molecular formula is C19H21F3N6S. The number of nitrogens with zero attached hydrogens (tertiary/aromatic N) is 4. The number of alkyl halides is 3. The van der Waals surface area contributed by atoms with Crippen LogP contribution >= 0.6 is 11.3 Å². The molecule has 0 aliphatic carbocycles. The van der Waals surface area contributed by atoms with E-state index in [1.54, 1.807) is 10.9 Å². The summed E-state index contributed by atoms with van der Waals surface area (Å²) in [5.41, 5.74) is 1.13. The second-order valence-corrected chi connectivity index (χ2v) is 7.06. The lowest BCUT2D eigenvalue weighted by molar-refractivity contribution is -0.140. The van der Waals surface area contributed by atoms with E-state index in [-0.39, 0.29) is 0 Å². The lowest BCUT2D eigenvalue weighted by Gasteiger charge is -2.11. The van der Waals surface area contributed by atoms with E-state index < -0.39 is 11.9 Å². The topological polar surface area (TPSA) is 67.1 Å². The molecule has 6 nitrogen and oxygen atoms in total. The van der Waals surface area contributed by atoms with Crippen LogP contribution in [-0.2, 0) is 19.1 Å². The fourth-order valence-corrected chi connectivity index (χ4v) is 3.38. The molecule has 0 fully saturated rings. The first-order chi connectivity index (χ1) is 14.0. The van der Waals surface area contributed by atoms with Crippen molar-refractivity contribution in [3.63, 3.8) is 0 Å². The number of aromatic nitrogens is 3. The summed E-state index contributed by atoms with van der Waals surface area (Å²) in [7, 11) is 0. The first-order valence-corrected chi connectivity index (χ1v) is 9.96. The minimum absolute atomic E-state index is 0.389. The summed E-state index contributed by atoms with van der Waals surface area (Å²) in [6.45, 7) is 3.52. The van der Waals surface area contributed by atoms with Crippen molar-refractivity contribution in [3.05, 3.63) is 64.4 Å². The quantitative estimate of drug-likeness (QED) is 0.451. The van der Waals surface area contributed by atoms with Crippen LogP contribution in [0.15, 0.2) is 53.1 Å². The minimum Gasteiger partial charge on any atom is -0.357 e. The van der Waals surface area contributed by atoms with Gasteiger partial charge in [-0.25, -0.2) is 14.7 Å². The molecule has 2 N–H and O–H groups in total. The molecule has 0 saturated carbocycles. The third kappa shape index (κ3) is 6.05. The number of benzene rings is 1. The Bertz CT molecular complexity index is 934. The van der Waals surface area contributed by atoms with Crippen LogP contribution in [0.2, 0.25) is 0 Å². The van der Waals surface area contributed by atoms with E-state index >= 15 is 0 Å². The molecule has 0 atom stereocenters. The highest BCUT2D eigenvalue weighted by Gasteiger charge is 2.33. The molecule has 154 valence electrons. The Balaban J connectivity index is 1.57. The highest BCUT2D eigenvalue weighted by atomic mass is 32.1. The molecule has 1 aromatic carbocycles. The summed E-state index contributed by atoms with van der Waals surface area (Å²) in [6, 6.07) is 9.76. The van der Waals surface area contributed by atoms with Crippen molar-refractivity contribution in [2.45, 2.75) is 26.1 Å². The Morgan fingerprint density at radius 3 is 2.79 bits per heavy atom. The van der Waals surface area contributed by atoms with Gasteiger partial charge in [0.2, 0.25) is 0 Å². The monoisotopic (exact) mass is 422 g/mol. The van der Waals surface area contributed by atoms with Crippen LogP contribution in [0.25, 0.3) is 5.69 Å². The summed E-state index contributed by atoms with van der Waals surface area (Å²) in [6.07, 6.45) is -0.418. The highest BCUT2D eigenvalue weighted by molar-refractivity contribution is 7.09. The van der Waals surface area contributed by atoms with E-state index in [0.29, 0.717) is 37.0 Å². The van der Waals surface area contributed by atoms with Crippen LogP contribution in [0.3, 0.4) is 0 Å². The molecule has 2 aromatic heterocycles. The normalized spacial score (nSPS) is 12.2. The molecule has 0 saturated heterocycles. The molecular weight excluding hydrogens is 401 g/mol. The zero-order valence-electron chi connectivity index (χ0n) is 15.8. The Kier molecular flexibility index (Phi) is 6.86. The first kappa shape index (κ1) is 20.8. The van der Waals surface area contributed by atoms with Gasteiger partial charge in [-0.05, 0) is 30.7 Å². The molecule has 2 heterocycles. The molecule has 3 rings (SSSR count). The van der Waals surface area contributed by atoms with Gasteiger partial charge in [0.25, 0.3) is 0 Å². The number of thiazole rings is 1. The van der Waals surface area contributed by atoms with E-state index in [0.717, 1.165) is 28.0 Å². The van der Waals surface area contributed by atoms with Crippen molar-refractivity contribution in [2.24, 2.45) is 4.99 Å². The van der Waals surface area contributed by atoms with E-state index in [4.69, 9.17) is 0 Å². The molecule has 3 aromatic rings. The smallest absolute Gasteiger partial charge is 0.357 e. The fourth-order valence-electron chi connectivity index (χ4n) is 2.57. The minimum atomic E-state index is -4.40. The van der Waals surface area contributed by atoms with E-state index in [2.05, 4.69) is 25.7 Å². The molecule has 0 unspecified atom stereocenters. The lowest BCUT2D eigenvalue weighted by Crippen LogP contribution is -2.38. The standard InChI is InChI=1S/C19H21F3N6S/c1-2-23-18(24-9-7-17-27-16(13-29-17)19(20,21)22)25-12-14-5-3-6-15(11-14)28-10-4-8-26-28/h3-6,8,10-11,13H,2,7,9,12H2,1H3,(H2,23,24,25). The average molecular weight is 422 g/mol. The number of hydrogen-bond acceptors (Lipinski definition) is 4. The average Bonchev–Trinajstić information content (AvgIpc) is 3.38. The zero-order chi connectivity index (χ0) is 20.7. The second kappa shape index (κ2) is 9.55. The summed E-state index contributed by atoms with van der Waals surface area (Å²) in [4.78, 5) is 8.19. The third-order valence-electron chi connectivity index (χ3n) is 3.92. The number of hydrogen-bond donors (Lipinski definition) is 2. The number of nitrogens with one attached hydrogen (secondary N) is 2. The van der Waals surface area contributed by atoms with E-state index in [1.807, 2.05) is 43.5 Å². The Morgan fingerprint density at radius 2 is 2.10 bits per heavy atom. The second-order valence-electron chi connectivity index (χ2n) is 6.12. The zero-order valence-corrected chi connectivity index (χ0v) is 16.6. The third-order valence-corrected chi connectivity index (χ3v) is 4.83. The van der Waals surface area contributed by atoms with E-state index in [9.17, 15) is 13.2 Å². The molecule has 0 spiro atoms. The molecule has 0 aliphatic rings. The van der Waals surface area contributed by atoms with Crippen LogP contribution in [0.5, 0.6) is 0 Å². The summed E-state index contributed by atoms with van der Waals surface area (Å²) in [5.74, 6) is 0.601. The maximum atomic E-state index is 12.6. The highest BCUT2D eigenvalue weighted by Crippen LogP contribution is 2.29. The number of halogens is 3. The van der Waals surface area contributed by atoms with Gasteiger partial charge in [-0.1, -0.05) is 12.1 Å². The first-order valence-electron chi connectivity index (χ1n) is 9.08. The van der Waals surface area contributed by atoms with E-state index in [1.165, 1.54) is 0 Å².